The fourth-order valence-corrected chi connectivity index (χ4v) is 2.61. The van der Waals surface area contributed by atoms with E-state index in [0.717, 1.165) is 30.8 Å². The summed E-state index contributed by atoms with van der Waals surface area (Å²) in [5.74, 6) is 2.09. The highest BCUT2D eigenvalue weighted by atomic mass is 16.5. The Morgan fingerprint density at radius 2 is 2.14 bits per heavy atom. The van der Waals surface area contributed by atoms with Crippen molar-refractivity contribution in [2.24, 2.45) is 5.92 Å². The molecule has 0 spiro atoms. The van der Waals surface area contributed by atoms with Gasteiger partial charge in [-0.3, -0.25) is 4.79 Å². The lowest BCUT2D eigenvalue weighted by Gasteiger charge is -2.30. The summed E-state index contributed by atoms with van der Waals surface area (Å²) in [5, 5.41) is 0. The minimum absolute atomic E-state index is 0.0689. The fourth-order valence-electron chi connectivity index (χ4n) is 2.61. The topological polar surface area (TPSA) is 38.8 Å². The molecule has 1 amide bonds. The summed E-state index contributed by atoms with van der Waals surface area (Å²) in [6.07, 6.45) is 5.73. The van der Waals surface area contributed by atoms with Crippen molar-refractivity contribution >= 4 is 12.0 Å². The van der Waals surface area contributed by atoms with Gasteiger partial charge in [0.1, 0.15) is 11.5 Å². The van der Waals surface area contributed by atoms with Gasteiger partial charge in [0, 0.05) is 30.8 Å². The molecule has 1 aliphatic rings. The molecule has 0 radical (unpaired) electrons. The van der Waals surface area contributed by atoms with E-state index in [1.807, 2.05) is 23.1 Å². The Balaban J connectivity index is 2.08. The minimum Gasteiger partial charge on any atom is -0.497 e. The molecule has 1 aromatic rings. The fraction of sp³-hybridized carbons (Fsp3) is 0.471. The van der Waals surface area contributed by atoms with Gasteiger partial charge in [0.05, 0.1) is 14.2 Å². The average Bonchev–Trinajstić information content (AvgIpc) is 2.52. The molecule has 4 nitrogen and oxygen atoms in total. The van der Waals surface area contributed by atoms with E-state index in [2.05, 4.69) is 6.92 Å². The van der Waals surface area contributed by atoms with Crippen LogP contribution in [0.4, 0.5) is 0 Å². The second kappa shape index (κ2) is 7.16. The number of likely N-dealkylation sites (tertiary alicyclic amines) is 1. The van der Waals surface area contributed by atoms with Gasteiger partial charge in [0.25, 0.3) is 0 Å². The van der Waals surface area contributed by atoms with E-state index in [0.29, 0.717) is 11.7 Å². The molecule has 1 aliphatic heterocycles. The number of amides is 1. The molecule has 0 saturated carbocycles. The Morgan fingerprint density at radius 1 is 1.33 bits per heavy atom. The van der Waals surface area contributed by atoms with Crippen molar-refractivity contribution < 1.29 is 14.3 Å². The molecule has 2 rings (SSSR count). The Kier molecular flexibility index (Phi) is 5.26. The molecule has 0 aromatic heterocycles. The Labute approximate surface area is 126 Å². The lowest BCUT2D eigenvalue weighted by atomic mass is 10.0. The van der Waals surface area contributed by atoms with Crippen LogP contribution in [0.5, 0.6) is 11.5 Å². The van der Waals surface area contributed by atoms with Gasteiger partial charge in [0.2, 0.25) is 5.91 Å². The molecular weight excluding hydrogens is 266 g/mol. The number of carbonyl (C=O) groups excluding carboxylic acids is 1. The summed E-state index contributed by atoms with van der Waals surface area (Å²) in [4.78, 5) is 14.1. The van der Waals surface area contributed by atoms with Gasteiger partial charge in [-0.15, -0.1) is 0 Å². The van der Waals surface area contributed by atoms with Crippen molar-refractivity contribution in [3.8, 4) is 11.5 Å². The first kappa shape index (κ1) is 15.4. The monoisotopic (exact) mass is 289 g/mol. The third-order valence-corrected chi connectivity index (χ3v) is 3.81. The van der Waals surface area contributed by atoms with Gasteiger partial charge in [-0.2, -0.15) is 0 Å². The third-order valence-electron chi connectivity index (χ3n) is 3.81. The van der Waals surface area contributed by atoms with Crippen molar-refractivity contribution in [1.82, 2.24) is 4.90 Å². The third kappa shape index (κ3) is 4.00. The Hall–Kier alpha value is -1.97. The van der Waals surface area contributed by atoms with Crippen LogP contribution in [0, 0.1) is 5.92 Å². The smallest absolute Gasteiger partial charge is 0.246 e. The van der Waals surface area contributed by atoms with Crippen molar-refractivity contribution in [3.63, 3.8) is 0 Å². The molecule has 1 aromatic carbocycles. The predicted octanol–water partition coefficient (Wildman–Crippen LogP) is 2.98. The van der Waals surface area contributed by atoms with Crippen molar-refractivity contribution in [2.45, 2.75) is 19.8 Å². The van der Waals surface area contributed by atoms with E-state index in [1.54, 1.807) is 26.4 Å². The quantitative estimate of drug-likeness (QED) is 0.800. The van der Waals surface area contributed by atoms with Crippen molar-refractivity contribution in [2.75, 3.05) is 27.3 Å². The Bertz CT molecular complexity index is 525. The van der Waals surface area contributed by atoms with Gasteiger partial charge in [-0.1, -0.05) is 6.92 Å². The van der Waals surface area contributed by atoms with Crippen LogP contribution < -0.4 is 9.47 Å². The number of ether oxygens (including phenoxy) is 2. The first-order valence-electron chi connectivity index (χ1n) is 7.33. The van der Waals surface area contributed by atoms with Gasteiger partial charge in [-0.05, 0) is 37.0 Å². The molecule has 1 atom stereocenters. The Morgan fingerprint density at radius 3 is 2.81 bits per heavy atom. The summed E-state index contributed by atoms with van der Waals surface area (Å²) in [6.45, 7) is 3.89. The number of hydrogen-bond acceptors (Lipinski definition) is 3. The second-order valence-electron chi connectivity index (χ2n) is 5.47. The number of carbonyl (C=O) groups is 1. The molecule has 1 heterocycles. The zero-order chi connectivity index (χ0) is 15.2. The summed E-state index contributed by atoms with van der Waals surface area (Å²) in [6, 6.07) is 5.56. The highest BCUT2D eigenvalue weighted by molar-refractivity contribution is 5.92. The van der Waals surface area contributed by atoms with Crippen LogP contribution in [0.1, 0.15) is 25.3 Å². The van der Waals surface area contributed by atoms with Crippen molar-refractivity contribution in [1.29, 1.82) is 0 Å². The van der Waals surface area contributed by atoms with Crippen LogP contribution >= 0.6 is 0 Å². The molecular formula is C17H23NO3. The highest BCUT2D eigenvalue weighted by Gasteiger charge is 2.19. The van der Waals surface area contributed by atoms with Gasteiger partial charge in [-0.25, -0.2) is 0 Å². The first-order chi connectivity index (χ1) is 10.1. The zero-order valence-electron chi connectivity index (χ0n) is 13.0. The minimum atomic E-state index is 0.0689. The number of rotatable bonds is 4. The molecule has 4 heteroatoms. The van der Waals surface area contributed by atoms with E-state index < -0.39 is 0 Å². The van der Waals surface area contributed by atoms with E-state index in [9.17, 15) is 4.79 Å². The van der Waals surface area contributed by atoms with Gasteiger partial charge in [0.15, 0.2) is 0 Å². The summed E-state index contributed by atoms with van der Waals surface area (Å²) in [5.41, 5.74) is 0.872. The van der Waals surface area contributed by atoms with Crippen LogP contribution in [-0.2, 0) is 4.79 Å². The first-order valence-corrected chi connectivity index (χ1v) is 7.33. The van der Waals surface area contributed by atoms with E-state index in [4.69, 9.17) is 9.47 Å². The molecule has 0 aliphatic carbocycles. The molecule has 0 N–H and O–H groups in total. The molecule has 1 fully saturated rings. The number of benzene rings is 1. The lowest BCUT2D eigenvalue weighted by Crippen LogP contribution is -2.38. The number of nitrogens with zero attached hydrogens (tertiary/aromatic N) is 1. The van der Waals surface area contributed by atoms with Gasteiger partial charge < -0.3 is 14.4 Å². The molecule has 1 saturated heterocycles. The number of piperidine rings is 1. The van der Waals surface area contributed by atoms with Gasteiger partial charge >= 0.3 is 0 Å². The van der Waals surface area contributed by atoms with Crippen LogP contribution in [0.25, 0.3) is 6.08 Å². The SMILES string of the molecule is COc1ccc(/C=C/C(=O)N2CCCC(C)C2)c(OC)c1. The van der Waals surface area contributed by atoms with E-state index >= 15 is 0 Å². The number of hydrogen-bond donors (Lipinski definition) is 0. The average molecular weight is 289 g/mol. The summed E-state index contributed by atoms with van der Waals surface area (Å²) in [7, 11) is 3.23. The number of methoxy groups -OCH3 is 2. The maximum absolute atomic E-state index is 12.2. The van der Waals surface area contributed by atoms with E-state index in [1.165, 1.54) is 6.42 Å². The summed E-state index contributed by atoms with van der Waals surface area (Å²) >= 11 is 0. The largest absolute Gasteiger partial charge is 0.497 e. The molecule has 21 heavy (non-hydrogen) atoms. The molecule has 0 bridgehead atoms. The predicted molar refractivity (Wildman–Crippen MR) is 83.6 cm³/mol. The van der Waals surface area contributed by atoms with Crippen LogP contribution in [0.15, 0.2) is 24.3 Å². The lowest BCUT2D eigenvalue weighted by molar-refractivity contribution is -0.127. The van der Waals surface area contributed by atoms with Crippen LogP contribution in [0.3, 0.4) is 0 Å². The van der Waals surface area contributed by atoms with Crippen LogP contribution in [-0.4, -0.2) is 38.1 Å². The van der Waals surface area contributed by atoms with Crippen molar-refractivity contribution in [3.05, 3.63) is 29.8 Å². The van der Waals surface area contributed by atoms with Crippen LogP contribution in [0.2, 0.25) is 0 Å². The molecule has 114 valence electrons. The highest BCUT2D eigenvalue weighted by Crippen LogP contribution is 2.25. The maximum Gasteiger partial charge on any atom is 0.246 e. The zero-order valence-corrected chi connectivity index (χ0v) is 13.0. The standard InChI is InChI=1S/C17H23NO3/c1-13-5-4-10-18(12-13)17(19)9-7-14-6-8-15(20-2)11-16(14)21-3/h6-9,11,13H,4-5,10,12H2,1-3H3/b9-7+. The second-order valence-corrected chi connectivity index (χ2v) is 5.47. The molecule has 1 unspecified atom stereocenters. The van der Waals surface area contributed by atoms with E-state index in [-0.39, 0.29) is 5.91 Å². The maximum atomic E-state index is 12.2. The normalized spacial score (nSPS) is 18.8. The summed E-state index contributed by atoms with van der Waals surface area (Å²) < 4.78 is 10.5.